The molecule has 0 atom stereocenters. The summed E-state index contributed by atoms with van der Waals surface area (Å²) in [6, 6.07) is 44.8. The minimum atomic E-state index is 0.0437. The first-order valence-electron chi connectivity index (χ1n) is 15.4. The third-order valence-electron chi connectivity index (χ3n) is 8.51. The molecule has 7 rings (SSSR count). The number of rotatable bonds is 5. The molecule has 2 heterocycles. The van der Waals surface area contributed by atoms with E-state index in [4.69, 9.17) is 15.0 Å². The van der Waals surface area contributed by atoms with Crippen LogP contribution in [0.2, 0.25) is 0 Å². The number of aromatic nitrogens is 3. The predicted octanol–water partition coefficient (Wildman–Crippen LogP) is 11.0. The van der Waals surface area contributed by atoms with E-state index in [0.717, 1.165) is 44.4 Å². The average Bonchev–Trinajstić information content (AvgIpc) is 3.08. The highest BCUT2D eigenvalue weighted by Crippen LogP contribution is 2.39. The monoisotopic (exact) mass is 581 g/mol. The van der Waals surface area contributed by atoms with Gasteiger partial charge in [0.05, 0.1) is 11.2 Å². The van der Waals surface area contributed by atoms with Crippen LogP contribution in [0.4, 0.5) is 0 Å². The molecule has 7 aromatic rings. The Morgan fingerprint density at radius 3 is 1.96 bits per heavy atom. The fraction of sp³-hybridized carbons (Fsp3) is 0.119. The molecule has 0 saturated heterocycles. The smallest absolute Gasteiger partial charge is 0.159 e. The third-order valence-corrected chi connectivity index (χ3v) is 8.51. The van der Waals surface area contributed by atoms with E-state index in [1.165, 1.54) is 27.8 Å². The van der Waals surface area contributed by atoms with Crippen LogP contribution >= 0.6 is 0 Å². The van der Waals surface area contributed by atoms with Gasteiger partial charge in [0.25, 0.3) is 0 Å². The van der Waals surface area contributed by atoms with Crippen LogP contribution in [0.5, 0.6) is 0 Å². The maximum atomic E-state index is 5.24. The summed E-state index contributed by atoms with van der Waals surface area (Å²) in [4.78, 5) is 14.9. The largest absolute Gasteiger partial charge is 0.256 e. The van der Waals surface area contributed by atoms with Crippen molar-refractivity contribution in [3.63, 3.8) is 0 Å². The van der Waals surface area contributed by atoms with Gasteiger partial charge in [-0.05, 0) is 75.5 Å². The number of hydrogen-bond acceptors (Lipinski definition) is 3. The molecule has 218 valence electrons. The molecule has 0 amide bonds. The molecule has 3 heteroatoms. The molecule has 3 nitrogen and oxygen atoms in total. The van der Waals surface area contributed by atoms with E-state index in [9.17, 15) is 0 Å². The van der Waals surface area contributed by atoms with Gasteiger partial charge in [-0.25, -0.2) is 9.97 Å². The summed E-state index contributed by atoms with van der Waals surface area (Å²) < 4.78 is 0. The lowest BCUT2D eigenvalue weighted by molar-refractivity contribution is 0.589. The van der Waals surface area contributed by atoms with Gasteiger partial charge in [0.15, 0.2) is 5.82 Å². The second-order valence-electron chi connectivity index (χ2n) is 12.6. The van der Waals surface area contributed by atoms with E-state index >= 15 is 0 Å². The lowest BCUT2D eigenvalue weighted by Gasteiger charge is -2.19. The number of benzene rings is 5. The zero-order valence-electron chi connectivity index (χ0n) is 26.1. The number of nitrogens with zero attached hydrogens (tertiary/aromatic N) is 3. The highest BCUT2D eigenvalue weighted by molar-refractivity contribution is 6.04. The van der Waals surface area contributed by atoms with Gasteiger partial charge in [0.2, 0.25) is 0 Å². The highest BCUT2D eigenvalue weighted by atomic mass is 14.9. The zero-order valence-corrected chi connectivity index (χ0v) is 26.1. The van der Waals surface area contributed by atoms with Gasteiger partial charge in [-0.2, -0.15) is 0 Å². The summed E-state index contributed by atoms with van der Waals surface area (Å²) >= 11 is 0. The topological polar surface area (TPSA) is 38.7 Å². The Morgan fingerprint density at radius 2 is 1.20 bits per heavy atom. The lowest BCUT2D eigenvalue weighted by Crippen LogP contribution is -2.11. The molecule has 0 fully saturated rings. The summed E-state index contributed by atoms with van der Waals surface area (Å²) in [6.07, 6.45) is 3.91. The maximum absolute atomic E-state index is 5.24. The van der Waals surface area contributed by atoms with E-state index in [2.05, 4.69) is 137 Å². The van der Waals surface area contributed by atoms with E-state index in [1.807, 2.05) is 30.6 Å². The number of pyridine rings is 1. The third kappa shape index (κ3) is 5.65. The Hall–Kier alpha value is -5.41. The standard InChI is InChI=1S/C42H35N3/c1-28-18-19-31(29-12-7-5-8-13-29)25-37(28)36-21-20-35(40-38(36)27-44-41(45-40)30-14-9-6-10-15-30)32-16-11-17-33(24-32)39-26-34(22-23-43-39)42(2,3)4/h5-27H,1-4H3. The second-order valence-corrected chi connectivity index (χ2v) is 12.6. The number of hydrogen-bond donors (Lipinski definition) is 0. The molecule has 0 radical (unpaired) electrons. The first kappa shape index (κ1) is 28.4. The molecule has 45 heavy (non-hydrogen) atoms. The van der Waals surface area contributed by atoms with Crippen molar-refractivity contribution in [2.45, 2.75) is 33.1 Å². The van der Waals surface area contributed by atoms with Crippen molar-refractivity contribution in [1.29, 1.82) is 0 Å². The Bertz CT molecular complexity index is 2140. The summed E-state index contributed by atoms with van der Waals surface area (Å²) in [5, 5.41) is 1.03. The quantitative estimate of drug-likeness (QED) is 0.203. The molecule has 0 N–H and O–H groups in total. The first-order valence-corrected chi connectivity index (χ1v) is 15.4. The lowest BCUT2D eigenvalue weighted by atomic mass is 9.86. The Labute approximate surface area is 265 Å². The maximum Gasteiger partial charge on any atom is 0.159 e. The molecule has 0 bridgehead atoms. The predicted molar refractivity (Wildman–Crippen MR) is 188 cm³/mol. The Balaban J connectivity index is 1.42. The van der Waals surface area contributed by atoms with Gasteiger partial charge in [0, 0.05) is 34.5 Å². The van der Waals surface area contributed by atoms with Crippen LogP contribution in [-0.4, -0.2) is 15.0 Å². The van der Waals surface area contributed by atoms with Crippen LogP contribution in [0.3, 0.4) is 0 Å². The average molecular weight is 582 g/mol. The van der Waals surface area contributed by atoms with Crippen LogP contribution in [0.15, 0.2) is 140 Å². The summed E-state index contributed by atoms with van der Waals surface area (Å²) in [5.41, 5.74) is 13.4. The Morgan fingerprint density at radius 1 is 0.511 bits per heavy atom. The molecule has 2 aromatic heterocycles. The van der Waals surface area contributed by atoms with Crippen LogP contribution in [0.25, 0.3) is 66.9 Å². The van der Waals surface area contributed by atoms with Crippen molar-refractivity contribution in [2.24, 2.45) is 0 Å². The molecule has 5 aromatic carbocycles. The van der Waals surface area contributed by atoms with Gasteiger partial charge in [0.1, 0.15) is 0 Å². The summed E-state index contributed by atoms with van der Waals surface area (Å²) in [6.45, 7) is 8.87. The van der Waals surface area contributed by atoms with Gasteiger partial charge < -0.3 is 0 Å². The van der Waals surface area contributed by atoms with Crippen LogP contribution in [0, 0.1) is 6.92 Å². The van der Waals surface area contributed by atoms with Crippen LogP contribution in [-0.2, 0) is 5.41 Å². The van der Waals surface area contributed by atoms with Gasteiger partial charge in [-0.15, -0.1) is 0 Å². The molecular weight excluding hydrogens is 546 g/mol. The fourth-order valence-corrected chi connectivity index (χ4v) is 5.94. The molecule has 0 aliphatic carbocycles. The highest BCUT2D eigenvalue weighted by Gasteiger charge is 2.17. The van der Waals surface area contributed by atoms with Gasteiger partial charge >= 0.3 is 0 Å². The van der Waals surface area contributed by atoms with Crippen molar-refractivity contribution < 1.29 is 0 Å². The van der Waals surface area contributed by atoms with E-state index < -0.39 is 0 Å². The Kier molecular flexibility index (Phi) is 7.31. The molecule has 0 spiro atoms. The summed E-state index contributed by atoms with van der Waals surface area (Å²) in [5.74, 6) is 0.715. The normalized spacial score (nSPS) is 11.6. The van der Waals surface area contributed by atoms with E-state index in [1.54, 1.807) is 0 Å². The van der Waals surface area contributed by atoms with Gasteiger partial charge in [-0.3, -0.25) is 4.98 Å². The number of aryl methyl sites for hydroxylation is 1. The van der Waals surface area contributed by atoms with Crippen LogP contribution in [0.1, 0.15) is 31.9 Å². The molecular formula is C42H35N3. The van der Waals surface area contributed by atoms with Crippen molar-refractivity contribution in [3.8, 4) is 56.0 Å². The first-order chi connectivity index (χ1) is 21.8. The molecule has 0 aliphatic heterocycles. The van der Waals surface area contributed by atoms with E-state index in [0.29, 0.717) is 5.82 Å². The number of fused-ring (bicyclic) bond motifs is 1. The van der Waals surface area contributed by atoms with Gasteiger partial charge in [-0.1, -0.05) is 124 Å². The van der Waals surface area contributed by atoms with Crippen molar-refractivity contribution >= 4 is 10.9 Å². The van der Waals surface area contributed by atoms with E-state index in [-0.39, 0.29) is 5.41 Å². The van der Waals surface area contributed by atoms with Crippen molar-refractivity contribution in [2.75, 3.05) is 0 Å². The second kappa shape index (κ2) is 11.6. The summed E-state index contributed by atoms with van der Waals surface area (Å²) in [7, 11) is 0. The SMILES string of the molecule is Cc1ccc(-c2ccccc2)cc1-c1ccc(-c2cccc(-c3cc(C(C)(C)C)ccn3)c2)c2nc(-c3ccccc3)ncc12. The van der Waals surface area contributed by atoms with Crippen LogP contribution < -0.4 is 0 Å². The zero-order chi connectivity index (χ0) is 31.0. The van der Waals surface area contributed by atoms with Crippen molar-refractivity contribution in [1.82, 2.24) is 15.0 Å². The molecule has 0 unspecified atom stereocenters. The minimum Gasteiger partial charge on any atom is -0.256 e. The molecule has 0 aliphatic rings. The van der Waals surface area contributed by atoms with Crippen molar-refractivity contribution in [3.05, 3.63) is 151 Å². The minimum absolute atomic E-state index is 0.0437. The molecule has 0 saturated carbocycles. The fourth-order valence-electron chi connectivity index (χ4n) is 5.94.